The van der Waals surface area contributed by atoms with Crippen LogP contribution in [0.2, 0.25) is 0 Å². The molecule has 0 saturated carbocycles. The maximum Gasteiger partial charge on any atom is 0.250 e. The van der Waals surface area contributed by atoms with Crippen LogP contribution in [0.25, 0.3) is 17.1 Å². The van der Waals surface area contributed by atoms with E-state index in [2.05, 4.69) is 64.2 Å². The molecule has 12 heteroatoms. The van der Waals surface area contributed by atoms with E-state index in [1.807, 2.05) is 69.6 Å². The predicted molar refractivity (Wildman–Crippen MR) is 152 cm³/mol. The van der Waals surface area contributed by atoms with Crippen molar-refractivity contribution in [3.05, 3.63) is 78.1 Å². The van der Waals surface area contributed by atoms with E-state index in [-0.39, 0.29) is 17.4 Å². The van der Waals surface area contributed by atoms with Crippen LogP contribution in [0.1, 0.15) is 5.56 Å². The van der Waals surface area contributed by atoms with Gasteiger partial charge in [0, 0.05) is 37.3 Å². The topological polar surface area (TPSA) is 105 Å². The number of carbonyl (C=O) groups excluding carboxylic acids is 1. The van der Waals surface area contributed by atoms with Crippen LogP contribution in [0.15, 0.2) is 75.7 Å². The number of hydrogen-bond donors (Lipinski definition) is 2. The number of rotatable bonds is 7. The molecule has 172 valence electrons. The molecule has 4 rings (SSSR count). The number of halogens is 3. The first-order chi connectivity index (χ1) is 16.4. The Morgan fingerprint density at radius 2 is 2.00 bits per heavy atom. The summed E-state index contributed by atoms with van der Waals surface area (Å²) in [5.41, 5.74) is 4.69. The Kier molecular flexibility index (Phi) is 8.55. The summed E-state index contributed by atoms with van der Waals surface area (Å²) in [5.74, 6) is 0.517. The fourth-order valence-electron chi connectivity index (χ4n) is 2.89. The fourth-order valence-corrected chi connectivity index (χ4v) is 5.79. The van der Waals surface area contributed by atoms with E-state index in [0.29, 0.717) is 20.1 Å². The summed E-state index contributed by atoms with van der Waals surface area (Å²) < 4.78 is 4.51. The third kappa shape index (κ3) is 6.14. The quantitative estimate of drug-likeness (QED) is 0.116. The third-order valence-corrected chi connectivity index (χ3v) is 7.32. The lowest BCUT2D eigenvalue weighted by atomic mass is 10.2. The minimum Gasteiger partial charge on any atom is -0.506 e. The molecule has 0 bridgehead atoms. The van der Waals surface area contributed by atoms with Gasteiger partial charge in [0.25, 0.3) is 5.91 Å². The van der Waals surface area contributed by atoms with Gasteiger partial charge in [0.2, 0.25) is 0 Å². The van der Waals surface area contributed by atoms with Crippen LogP contribution in [0.5, 0.6) is 5.75 Å². The van der Waals surface area contributed by atoms with Gasteiger partial charge < -0.3 is 5.11 Å². The maximum absolute atomic E-state index is 12.4. The summed E-state index contributed by atoms with van der Waals surface area (Å²) in [6.07, 6.45) is 4.84. The molecule has 2 aromatic carbocycles. The number of carbonyl (C=O) groups is 1. The number of phenolic OH excluding ortho intramolecular Hbond substituents is 1. The van der Waals surface area contributed by atoms with Crippen LogP contribution in [0.4, 0.5) is 0 Å². The number of nitrogens with zero attached hydrogens (tertiary/aromatic N) is 5. The summed E-state index contributed by atoms with van der Waals surface area (Å²) >= 11 is 8.90. The van der Waals surface area contributed by atoms with Gasteiger partial charge in [-0.3, -0.25) is 14.3 Å². The lowest BCUT2D eigenvalue weighted by Crippen LogP contribution is -2.20. The summed E-state index contributed by atoms with van der Waals surface area (Å²) in [6.45, 7) is 0. The van der Waals surface area contributed by atoms with Crippen molar-refractivity contribution in [2.45, 2.75) is 5.16 Å². The van der Waals surface area contributed by atoms with E-state index >= 15 is 0 Å². The number of hydrazone groups is 1. The number of benzene rings is 2. The molecule has 2 aromatic heterocycles. The Morgan fingerprint density at radius 3 is 2.74 bits per heavy atom. The normalized spacial score (nSPS) is 11.1. The smallest absolute Gasteiger partial charge is 0.250 e. The van der Waals surface area contributed by atoms with Crippen LogP contribution in [0.3, 0.4) is 0 Å². The molecule has 4 aromatic rings. The van der Waals surface area contributed by atoms with Crippen molar-refractivity contribution < 1.29 is 9.90 Å². The Balaban J connectivity index is 1.50. The van der Waals surface area contributed by atoms with Gasteiger partial charge >= 0.3 is 0 Å². The number of aromatic hydroxyl groups is 1. The Hall–Kier alpha value is -2.04. The van der Waals surface area contributed by atoms with E-state index in [9.17, 15) is 9.90 Å². The van der Waals surface area contributed by atoms with Crippen LogP contribution >= 0.6 is 72.9 Å². The second-order valence-electron chi connectivity index (χ2n) is 6.77. The summed E-state index contributed by atoms with van der Waals surface area (Å²) in [6, 6.07) is 15.1. The molecule has 0 atom stereocenters. The molecule has 34 heavy (non-hydrogen) atoms. The van der Waals surface area contributed by atoms with Gasteiger partial charge in [-0.15, -0.1) is 10.2 Å². The summed E-state index contributed by atoms with van der Waals surface area (Å²) in [7, 11) is 0. The van der Waals surface area contributed by atoms with Crippen molar-refractivity contribution in [2.24, 2.45) is 5.10 Å². The van der Waals surface area contributed by atoms with Crippen molar-refractivity contribution in [3.8, 4) is 22.8 Å². The average Bonchev–Trinajstić information content (AvgIpc) is 3.26. The number of thioether (sulfide) groups is 1. The SMILES string of the molecule is O=C(CSc1nnc(-c2cccnc2)n1-c1ccc(Br)cc1)N/N=C/c1cc(I)cc(I)c1O. The number of amides is 1. The van der Waals surface area contributed by atoms with Gasteiger partial charge in [0.15, 0.2) is 11.0 Å². The molecular formula is C22H15BrI2N6O2S. The van der Waals surface area contributed by atoms with E-state index in [1.165, 1.54) is 18.0 Å². The van der Waals surface area contributed by atoms with Gasteiger partial charge in [-0.05, 0) is 93.7 Å². The first kappa shape index (κ1) is 25.1. The first-order valence-electron chi connectivity index (χ1n) is 9.67. The Bertz CT molecular complexity index is 1350. The van der Waals surface area contributed by atoms with Crippen LogP contribution < -0.4 is 5.43 Å². The van der Waals surface area contributed by atoms with Gasteiger partial charge in [0.05, 0.1) is 15.5 Å². The van der Waals surface area contributed by atoms with E-state index in [1.54, 1.807) is 18.5 Å². The maximum atomic E-state index is 12.4. The van der Waals surface area contributed by atoms with Gasteiger partial charge in [-0.25, -0.2) is 5.43 Å². The highest BCUT2D eigenvalue weighted by molar-refractivity contribution is 14.1. The van der Waals surface area contributed by atoms with E-state index in [0.717, 1.165) is 19.3 Å². The van der Waals surface area contributed by atoms with Crippen molar-refractivity contribution in [1.82, 2.24) is 25.2 Å². The molecule has 0 aliphatic carbocycles. The molecule has 0 radical (unpaired) electrons. The minimum absolute atomic E-state index is 0.0783. The number of hydrogen-bond acceptors (Lipinski definition) is 7. The standard InChI is InChI=1S/C22H15BrI2N6O2S/c23-15-3-5-17(6-4-15)31-21(13-2-1-7-26-10-13)29-30-22(31)34-12-19(32)28-27-11-14-8-16(24)9-18(25)20(14)33/h1-11,33H,12H2,(H,28,32)/b27-11+. The van der Waals surface area contributed by atoms with E-state index in [4.69, 9.17) is 0 Å². The molecule has 0 spiro atoms. The predicted octanol–water partition coefficient (Wildman–Crippen LogP) is 5.25. The lowest BCUT2D eigenvalue weighted by Gasteiger charge is -2.10. The fraction of sp³-hybridized carbons (Fsp3) is 0.0455. The third-order valence-electron chi connectivity index (χ3n) is 4.42. The van der Waals surface area contributed by atoms with Crippen molar-refractivity contribution in [2.75, 3.05) is 5.75 Å². The Morgan fingerprint density at radius 1 is 1.21 bits per heavy atom. The van der Waals surface area contributed by atoms with Gasteiger partial charge in [-0.1, -0.05) is 27.7 Å². The Labute approximate surface area is 235 Å². The zero-order valence-electron chi connectivity index (χ0n) is 17.2. The second-order valence-corrected chi connectivity index (χ2v) is 11.0. The highest BCUT2D eigenvalue weighted by Crippen LogP contribution is 2.28. The number of phenols is 1. The van der Waals surface area contributed by atoms with Crippen molar-refractivity contribution >= 4 is 85.0 Å². The molecule has 2 heterocycles. The van der Waals surface area contributed by atoms with Crippen LogP contribution in [-0.4, -0.2) is 42.7 Å². The summed E-state index contributed by atoms with van der Waals surface area (Å²) in [5, 5.41) is 23.3. The molecule has 2 N–H and O–H groups in total. The minimum atomic E-state index is -0.311. The molecular weight excluding hydrogens is 746 g/mol. The number of aromatic nitrogens is 4. The molecule has 0 fully saturated rings. The van der Waals surface area contributed by atoms with Crippen molar-refractivity contribution in [3.63, 3.8) is 0 Å². The molecule has 0 aliphatic rings. The number of pyridine rings is 1. The molecule has 8 nitrogen and oxygen atoms in total. The zero-order valence-corrected chi connectivity index (χ0v) is 23.9. The highest BCUT2D eigenvalue weighted by atomic mass is 127. The molecule has 1 amide bonds. The molecule has 0 saturated heterocycles. The molecule has 0 unspecified atom stereocenters. The zero-order chi connectivity index (χ0) is 24.1. The van der Waals surface area contributed by atoms with Gasteiger partial charge in [0.1, 0.15) is 5.75 Å². The number of nitrogens with one attached hydrogen (secondary N) is 1. The second kappa shape index (κ2) is 11.6. The van der Waals surface area contributed by atoms with Crippen LogP contribution in [-0.2, 0) is 4.79 Å². The average molecular weight is 761 g/mol. The monoisotopic (exact) mass is 760 g/mol. The van der Waals surface area contributed by atoms with Gasteiger partial charge in [-0.2, -0.15) is 5.10 Å². The van der Waals surface area contributed by atoms with E-state index < -0.39 is 0 Å². The molecule has 0 aliphatic heterocycles. The summed E-state index contributed by atoms with van der Waals surface area (Å²) in [4.78, 5) is 16.6. The highest BCUT2D eigenvalue weighted by Gasteiger charge is 2.17. The first-order valence-corrected chi connectivity index (χ1v) is 13.6. The van der Waals surface area contributed by atoms with Crippen molar-refractivity contribution in [1.29, 1.82) is 0 Å². The largest absolute Gasteiger partial charge is 0.506 e. The van der Waals surface area contributed by atoms with Crippen LogP contribution in [0, 0.1) is 7.14 Å². The lowest BCUT2D eigenvalue weighted by molar-refractivity contribution is -0.118.